The lowest BCUT2D eigenvalue weighted by atomic mass is 9.98. The predicted molar refractivity (Wildman–Crippen MR) is 84.2 cm³/mol. The Labute approximate surface area is 132 Å². The smallest absolute Gasteiger partial charge is 0.334 e. The van der Waals surface area contributed by atoms with E-state index in [0.29, 0.717) is 17.9 Å². The van der Waals surface area contributed by atoms with Gasteiger partial charge < -0.3 is 14.8 Å². The molecule has 1 amide bonds. The largest absolute Gasteiger partial charge is 0.467 e. The molecule has 1 aromatic carbocycles. The van der Waals surface area contributed by atoms with E-state index in [1.165, 1.54) is 18.4 Å². The number of nitrogens with one attached hydrogen (secondary N) is 1. The Kier molecular flexibility index (Phi) is 3.88. The van der Waals surface area contributed by atoms with Crippen molar-refractivity contribution >= 4 is 33.3 Å². The van der Waals surface area contributed by atoms with E-state index in [1.54, 1.807) is 0 Å². The summed E-state index contributed by atoms with van der Waals surface area (Å²) in [6, 6.07) is 7.87. The number of esters is 1. The van der Waals surface area contributed by atoms with E-state index in [1.807, 2.05) is 31.2 Å². The lowest BCUT2D eigenvalue weighted by molar-refractivity contribution is -0.148. The van der Waals surface area contributed by atoms with Crippen LogP contribution in [0.25, 0.3) is 10.1 Å². The summed E-state index contributed by atoms with van der Waals surface area (Å²) < 4.78 is 11.2. The molecule has 1 aliphatic heterocycles. The van der Waals surface area contributed by atoms with E-state index >= 15 is 0 Å². The minimum atomic E-state index is -1.07. The zero-order valence-electron chi connectivity index (χ0n) is 12.5. The summed E-state index contributed by atoms with van der Waals surface area (Å²) in [5.41, 5.74) is -0.147. The minimum absolute atomic E-state index is 0.148. The highest BCUT2D eigenvalue weighted by Crippen LogP contribution is 2.31. The van der Waals surface area contributed by atoms with Crippen LogP contribution in [0.5, 0.6) is 0 Å². The average Bonchev–Trinajstić information content (AvgIpc) is 3.13. The molecule has 1 fully saturated rings. The fourth-order valence-corrected chi connectivity index (χ4v) is 3.84. The van der Waals surface area contributed by atoms with E-state index in [2.05, 4.69) is 5.32 Å². The van der Waals surface area contributed by atoms with Crippen molar-refractivity contribution in [1.82, 2.24) is 5.32 Å². The Morgan fingerprint density at radius 1 is 1.36 bits per heavy atom. The van der Waals surface area contributed by atoms with Gasteiger partial charge in [0.2, 0.25) is 0 Å². The van der Waals surface area contributed by atoms with Gasteiger partial charge in [0.1, 0.15) is 0 Å². The molecule has 0 bridgehead atoms. The van der Waals surface area contributed by atoms with Crippen LogP contribution in [0, 0.1) is 6.92 Å². The van der Waals surface area contributed by atoms with Crippen molar-refractivity contribution in [2.45, 2.75) is 18.9 Å². The first-order valence-corrected chi connectivity index (χ1v) is 7.86. The standard InChI is InChI=1S/C16H17NO4S/c1-10-11-5-3-4-6-12(11)22-13(10)14(18)17-16(15(19)20-2)7-8-21-9-16/h3-6H,7-9H2,1-2H3,(H,17,18)/t16-/m1/s1. The van der Waals surface area contributed by atoms with E-state index in [9.17, 15) is 9.59 Å². The van der Waals surface area contributed by atoms with Crippen LogP contribution in [0.1, 0.15) is 21.7 Å². The Hall–Kier alpha value is -1.92. The molecule has 0 radical (unpaired) electrons. The third-order valence-corrected chi connectivity index (χ3v) is 5.27. The zero-order valence-corrected chi connectivity index (χ0v) is 13.3. The maximum Gasteiger partial charge on any atom is 0.334 e. The Morgan fingerprint density at radius 2 is 2.14 bits per heavy atom. The second kappa shape index (κ2) is 5.70. The van der Waals surface area contributed by atoms with Crippen molar-refractivity contribution < 1.29 is 19.1 Å². The topological polar surface area (TPSA) is 64.6 Å². The van der Waals surface area contributed by atoms with Gasteiger partial charge in [-0.1, -0.05) is 18.2 Å². The van der Waals surface area contributed by atoms with Gasteiger partial charge in [0, 0.05) is 17.7 Å². The molecule has 22 heavy (non-hydrogen) atoms. The molecule has 1 atom stereocenters. The molecule has 2 heterocycles. The van der Waals surface area contributed by atoms with Gasteiger partial charge in [-0.05, 0) is 23.9 Å². The predicted octanol–water partition coefficient (Wildman–Crippen LogP) is 2.27. The van der Waals surface area contributed by atoms with Crippen LogP contribution in [-0.4, -0.2) is 37.7 Å². The van der Waals surface area contributed by atoms with E-state index in [4.69, 9.17) is 9.47 Å². The first kappa shape index (κ1) is 15.0. The number of carbonyl (C=O) groups is 2. The lowest BCUT2D eigenvalue weighted by Gasteiger charge is -2.25. The zero-order chi connectivity index (χ0) is 15.7. The van der Waals surface area contributed by atoms with Crippen molar-refractivity contribution in [2.75, 3.05) is 20.3 Å². The van der Waals surface area contributed by atoms with Gasteiger partial charge in [-0.15, -0.1) is 11.3 Å². The number of methoxy groups -OCH3 is 1. The quantitative estimate of drug-likeness (QED) is 0.882. The molecule has 2 aromatic rings. The van der Waals surface area contributed by atoms with Crippen LogP contribution in [-0.2, 0) is 14.3 Å². The van der Waals surface area contributed by atoms with Crippen molar-refractivity contribution in [3.05, 3.63) is 34.7 Å². The van der Waals surface area contributed by atoms with Gasteiger partial charge in [-0.3, -0.25) is 4.79 Å². The van der Waals surface area contributed by atoms with E-state index in [0.717, 1.165) is 15.6 Å². The molecule has 6 heteroatoms. The molecule has 0 spiro atoms. The van der Waals surface area contributed by atoms with Gasteiger partial charge in [-0.25, -0.2) is 4.79 Å². The number of benzene rings is 1. The number of ether oxygens (including phenoxy) is 2. The number of carbonyl (C=O) groups excluding carboxylic acids is 2. The van der Waals surface area contributed by atoms with Crippen LogP contribution < -0.4 is 5.32 Å². The van der Waals surface area contributed by atoms with Crippen LogP contribution in [0.3, 0.4) is 0 Å². The summed E-state index contributed by atoms with van der Waals surface area (Å²) in [5.74, 6) is -0.716. The molecule has 0 aliphatic carbocycles. The number of aryl methyl sites for hydroxylation is 1. The number of thiophene rings is 1. The Bertz CT molecular complexity index is 731. The molecule has 0 saturated carbocycles. The maximum absolute atomic E-state index is 12.7. The molecule has 1 saturated heterocycles. The first-order valence-electron chi connectivity index (χ1n) is 7.04. The normalized spacial score (nSPS) is 21.0. The molecular weight excluding hydrogens is 302 g/mol. The molecule has 0 unspecified atom stereocenters. The number of hydrogen-bond donors (Lipinski definition) is 1. The Balaban J connectivity index is 1.92. The molecule has 1 aromatic heterocycles. The molecule has 5 nitrogen and oxygen atoms in total. The third-order valence-electron chi connectivity index (χ3n) is 4.00. The van der Waals surface area contributed by atoms with Gasteiger partial charge >= 0.3 is 5.97 Å². The summed E-state index contributed by atoms with van der Waals surface area (Å²) in [4.78, 5) is 25.3. The second-order valence-corrected chi connectivity index (χ2v) is 6.43. The van der Waals surface area contributed by atoms with Gasteiger partial charge in [-0.2, -0.15) is 0 Å². The SMILES string of the molecule is COC(=O)[C@@]1(NC(=O)c2sc3ccccc3c2C)CCOC1. The van der Waals surface area contributed by atoms with Gasteiger partial charge in [0.15, 0.2) is 5.54 Å². The highest BCUT2D eigenvalue weighted by molar-refractivity contribution is 7.21. The van der Waals surface area contributed by atoms with Crippen molar-refractivity contribution in [1.29, 1.82) is 0 Å². The first-order chi connectivity index (χ1) is 10.6. The summed E-state index contributed by atoms with van der Waals surface area (Å²) in [7, 11) is 1.32. The highest BCUT2D eigenvalue weighted by Gasteiger charge is 2.45. The summed E-state index contributed by atoms with van der Waals surface area (Å²) in [6.07, 6.45) is 0.426. The van der Waals surface area contributed by atoms with Crippen molar-refractivity contribution in [3.63, 3.8) is 0 Å². The number of rotatable bonds is 3. The summed E-state index contributed by atoms with van der Waals surface area (Å²) in [5, 5.41) is 3.90. The van der Waals surface area contributed by atoms with Crippen LogP contribution in [0.15, 0.2) is 24.3 Å². The monoisotopic (exact) mass is 319 g/mol. The second-order valence-electron chi connectivity index (χ2n) is 5.38. The highest BCUT2D eigenvalue weighted by atomic mass is 32.1. The maximum atomic E-state index is 12.7. The summed E-state index contributed by atoms with van der Waals surface area (Å²) >= 11 is 1.43. The number of amides is 1. The molecule has 1 aliphatic rings. The summed E-state index contributed by atoms with van der Waals surface area (Å²) in [6.45, 7) is 2.50. The fraction of sp³-hybridized carbons (Fsp3) is 0.375. The minimum Gasteiger partial charge on any atom is -0.467 e. The molecule has 116 valence electrons. The molecular formula is C16H17NO4S. The van der Waals surface area contributed by atoms with Gasteiger partial charge in [0.05, 0.1) is 18.6 Å². The van der Waals surface area contributed by atoms with E-state index in [-0.39, 0.29) is 12.5 Å². The average molecular weight is 319 g/mol. The van der Waals surface area contributed by atoms with Gasteiger partial charge in [0.25, 0.3) is 5.91 Å². The molecule has 3 rings (SSSR count). The van der Waals surface area contributed by atoms with Crippen molar-refractivity contribution in [2.24, 2.45) is 0 Å². The van der Waals surface area contributed by atoms with Crippen molar-refractivity contribution in [3.8, 4) is 0 Å². The molecule has 1 N–H and O–H groups in total. The number of fused-ring (bicyclic) bond motifs is 1. The lowest BCUT2D eigenvalue weighted by Crippen LogP contribution is -2.55. The van der Waals surface area contributed by atoms with E-state index < -0.39 is 11.5 Å². The van der Waals surface area contributed by atoms with Crippen LogP contribution in [0.4, 0.5) is 0 Å². The van der Waals surface area contributed by atoms with Crippen LogP contribution in [0.2, 0.25) is 0 Å². The number of hydrogen-bond acceptors (Lipinski definition) is 5. The Morgan fingerprint density at radius 3 is 2.77 bits per heavy atom. The fourth-order valence-electron chi connectivity index (χ4n) is 2.74. The van der Waals surface area contributed by atoms with Crippen LogP contribution >= 0.6 is 11.3 Å². The third kappa shape index (κ3) is 2.38.